The van der Waals surface area contributed by atoms with Crippen LogP contribution < -0.4 is 0 Å². The average Bonchev–Trinajstić information content (AvgIpc) is 2.91. The highest BCUT2D eigenvalue weighted by Gasteiger charge is 2.06. The van der Waals surface area contributed by atoms with E-state index in [2.05, 4.69) is 27.9 Å². The maximum Gasteiger partial charge on any atom is 0.235 e. The number of hydrogen-bond acceptors (Lipinski definition) is 3. The lowest BCUT2D eigenvalue weighted by molar-refractivity contribution is 0.906. The number of fused-ring (bicyclic) bond motifs is 1. The number of aromatic nitrogens is 4. The SMILES string of the molecule is CCc1nc(-n2ccnc2)nc2ccccc12. The van der Waals surface area contributed by atoms with Crippen molar-refractivity contribution in [2.24, 2.45) is 0 Å². The largest absolute Gasteiger partial charge is 0.274 e. The van der Waals surface area contributed by atoms with Gasteiger partial charge < -0.3 is 0 Å². The molecule has 0 unspecified atom stereocenters. The van der Waals surface area contributed by atoms with Gasteiger partial charge in [-0.1, -0.05) is 25.1 Å². The molecule has 0 amide bonds. The van der Waals surface area contributed by atoms with Gasteiger partial charge in [0.2, 0.25) is 5.95 Å². The van der Waals surface area contributed by atoms with E-state index < -0.39 is 0 Å². The third-order valence-corrected chi connectivity index (χ3v) is 2.74. The van der Waals surface area contributed by atoms with Crippen LogP contribution in [0.25, 0.3) is 16.9 Å². The van der Waals surface area contributed by atoms with Crippen molar-refractivity contribution in [1.29, 1.82) is 0 Å². The second-order valence-electron chi connectivity index (χ2n) is 3.81. The Morgan fingerprint density at radius 2 is 2.06 bits per heavy atom. The summed E-state index contributed by atoms with van der Waals surface area (Å²) in [7, 11) is 0. The lowest BCUT2D eigenvalue weighted by Gasteiger charge is -2.06. The zero-order chi connectivity index (χ0) is 11.7. The van der Waals surface area contributed by atoms with Gasteiger partial charge in [-0.3, -0.25) is 4.57 Å². The van der Waals surface area contributed by atoms with Crippen molar-refractivity contribution in [1.82, 2.24) is 19.5 Å². The van der Waals surface area contributed by atoms with Crippen LogP contribution in [0.4, 0.5) is 0 Å². The highest BCUT2D eigenvalue weighted by molar-refractivity contribution is 5.81. The molecule has 3 rings (SSSR count). The van der Waals surface area contributed by atoms with Crippen LogP contribution >= 0.6 is 0 Å². The summed E-state index contributed by atoms with van der Waals surface area (Å²) in [5.74, 6) is 0.679. The number of benzene rings is 1. The molecule has 0 aliphatic heterocycles. The molecule has 84 valence electrons. The third-order valence-electron chi connectivity index (χ3n) is 2.74. The van der Waals surface area contributed by atoms with E-state index in [1.807, 2.05) is 29.0 Å². The van der Waals surface area contributed by atoms with Crippen molar-refractivity contribution in [2.75, 3.05) is 0 Å². The highest BCUT2D eigenvalue weighted by Crippen LogP contribution is 2.17. The minimum absolute atomic E-state index is 0.679. The molecule has 2 aromatic heterocycles. The second-order valence-corrected chi connectivity index (χ2v) is 3.81. The summed E-state index contributed by atoms with van der Waals surface area (Å²) in [5, 5.41) is 1.12. The van der Waals surface area contributed by atoms with Crippen LogP contribution in [0.1, 0.15) is 12.6 Å². The van der Waals surface area contributed by atoms with Gasteiger partial charge in [0, 0.05) is 17.8 Å². The fraction of sp³-hybridized carbons (Fsp3) is 0.154. The van der Waals surface area contributed by atoms with Crippen LogP contribution in [0.5, 0.6) is 0 Å². The predicted octanol–water partition coefficient (Wildman–Crippen LogP) is 2.38. The maximum absolute atomic E-state index is 4.57. The fourth-order valence-corrected chi connectivity index (χ4v) is 1.89. The first kappa shape index (κ1) is 9.96. The predicted molar refractivity (Wildman–Crippen MR) is 66.0 cm³/mol. The normalized spacial score (nSPS) is 10.9. The summed E-state index contributed by atoms with van der Waals surface area (Å²) in [5.41, 5.74) is 2.04. The van der Waals surface area contributed by atoms with E-state index in [1.165, 1.54) is 0 Å². The molecular weight excluding hydrogens is 212 g/mol. The molecule has 0 saturated heterocycles. The number of nitrogens with zero attached hydrogens (tertiary/aromatic N) is 4. The monoisotopic (exact) mass is 224 g/mol. The molecule has 0 bridgehead atoms. The van der Waals surface area contributed by atoms with Crippen LogP contribution in [0.2, 0.25) is 0 Å². The van der Waals surface area contributed by atoms with E-state index in [1.54, 1.807) is 12.5 Å². The van der Waals surface area contributed by atoms with Crippen molar-refractivity contribution in [3.05, 3.63) is 48.7 Å². The summed E-state index contributed by atoms with van der Waals surface area (Å²) < 4.78 is 1.82. The van der Waals surface area contributed by atoms with E-state index in [4.69, 9.17) is 0 Å². The van der Waals surface area contributed by atoms with Gasteiger partial charge in [0.25, 0.3) is 0 Å². The molecule has 0 aliphatic rings. The van der Waals surface area contributed by atoms with E-state index in [9.17, 15) is 0 Å². The van der Waals surface area contributed by atoms with Crippen molar-refractivity contribution in [3.63, 3.8) is 0 Å². The number of rotatable bonds is 2. The molecule has 0 saturated carbocycles. The van der Waals surface area contributed by atoms with Crippen molar-refractivity contribution < 1.29 is 0 Å². The van der Waals surface area contributed by atoms with Gasteiger partial charge in [0.1, 0.15) is 6.33 Å². The Hall–Kier alpha value is -2.23. The van der Waals surface area contributed by atoms with Gasteiger partial charge in [-0.25, -0.2) is 15.0 Å². The van der Waals surface area contributed by atoms with Gasteiger partial charge in [0.05, 0.1) is 11.2 Å². The quantitative estimate of drug-likeness (QED) is 0.671. The first-order valence-corrected chi connectivity index (χ1v) is 5.62. The molecule has 3 aromatic rings. The summed E-state index contributed by atoms with van der Waals surface area (Å²) >= 11 is 0. The van der Waals surface area contributed by atoms with Crippen LogP contribution in [-0.4, -0.2) is 19.5 Å². The first-order chi connectivity index (χ1) is 8.38. The van der Waals surface area contributed by atoms with Crippen molar-refractivity contribution >= 4 is 10.9 Å². The van der Waals surface area contributed by atoms with Crippen LogP contribution in [-0.2, 0) is 6.42 Å². The Labute approximate surface area is 99.0 Å². The van der Waals surface area contributed by atoms with Gasteiger partial charge in [-0.05, 0) is 12.5 Å². The highest BCUT2D eigenvalue weighted by atomic mass is 15.2. The zero-order valence-corrected chi connectivity index (χ0v) is 9.54. The molecule has 0 fully saturated rings. The fourth-order valence-electron chi connectivity index (χ4n) is 1.89. The topological polar surface area (TPSA) is 43.6 Å². The first-order valence-electron chi connectivity index (χ1n) is 5.62. The molecule has 4 nitrogen and oxygen atoms in total. The number of aryl methyl sites for hydroxylation is 1. The number of para-hydroxylation sites is 1. The summed E-state index contributed by atoms with van der Waals surface area (Å²) in [6.45, 7) is 2.10. The average molecular weight is 224 g/mol. The summed E-state index contributed by atoms with van der Waals surface area (Å²) in [4.78, 5) is 13.1. The zero-order valence-electron chi connectivity index (χ0n) is 9.54. The van der Waals surface area contributed by atoms with Gasteiger partial charge in [-0.2, -0.15) is 0 Å². The molecule has 2 heterocycles. The maximum atomic E-state index is 4.57. The molecule has 1 aromatic carbocycles. The smallest absolute Gasteiger partial charge is 0.235 e. The van der Waals surface area contributed by atoms with Gasteiger partial charge >= 0.3 is 0 Å². The lowest BCUT2D eigenvalue weighted by Crippen LogP contribution is -2.02. The van der Waals surface area contributed by atoms with E-state index in [0.717, 1.165) is 23.0 Å². The van der Waals surface area contributed by atoms with Crippen LogP contribution in [0.3, 0.4) is 0 Å². The number of imidazole rings is 1. The summed E-state index contributed by atoms with van der Waals surface area (Å²) in [6, 6.07) is 8.08. The van der Waals surface area contributed by atoms with Crippen molar-refractivity contribution in [3.8, 4) is 5.95 Å². The standard InChI is InChI=1S/C13H12N4/c1-2-11-10-5-3-4-6-12(10)16-13(15-11)17-8-7-14-9-17/h3-9H,2H2,1H3. The molecule has 0 aliphatic carbocycles. The van der Waals surface area contributed by atoms with Crippen LogP contribution in [0.15, 0.2) is 43.0 Å². The van der Waals surface area contributed by atoms with E-state index in [-0.39, 0.29) is 0 Å². The Morgan fingerprint density at radius 1 is 1.18 bits per heavy atom. The lowest BCUT2D eigenvalue weighted by atomic mass is 10.1. The van der Waals surface area contributed by atoms with Gasteiger partial charge in [-0.15, -0.1) is 0 Å². The van der Waals surface area contributed by atoms with E-state index >= 15 is 0 Å². The Bertz CT molecular complexity index is 644. The molecule has 17 heavy (non-hydrogen) atoms. The number of hydrogen-bond donors (Lipinski definition) is 0. The summed E-state index contributed by atoms with van der Waals surface area (Å²) in [6.07, 6.45) is 6.18. The van der Waals surface area contributed by atoms with E-state index in [0.29, 0.717) is 5.95 Å². The minimum atomic E-state index is 0.679. The van der Waals surface area contributed by atoms with Crippen molar-refractivity contribution in [2.45, 2.75) is 13.3 Å². The third kappa shape index (κ3) is 1.67. The minimum Gasteiger partial charge on any atom is -0.274 e. The molecule has 0 atom stereocenters. The molecule has 0 radical (unpaired) electrons. The molecule has 0 N–H and O–H groups in total. The Morgan fingerprint density at radius 3 is 2.82 bits per heavy atom. The second kappa shape index (κ2) is 3.97. The molecular formula is C13H12N4. The van der Waals surface area contributed by atoms with Crippen LogP contribution in [0, 0.1) is 0 Å². The molecule has 0 spiro atoms. The molecule has 4 heteroatoms. The van der Waals surface area contributed by atoms with Gasteiger partial charge in [0.15, 0.2) is 0 Å². The Kier molecular flexibility index (Phi) is 2.33. The Balaban J connectivity index is 2.28.